The Hall–Kier alpha value is -2.56. The summed E-state index contributed by atoms with van der Waals surface area (Å²) in [6.07, 6.45) is 2.87. The average Bonchev–Trinajstić information content (AvgIpc) is 2.98. The number of fused-ring (bicyclic) bond motifs is 2. The van der Waals surface area contributed by atoms with Gasteiger partial charge in [-0.15, -0.1) is 0 Å². The minimum Gasteiger partial charge on any atom is -0.461 e. The molecule has 5 heteroatoms. The van der Waals surface area contributed by atoms with Crippen molar-refractivity contribution in [3.8, 4) is 0 Å². The molecular formula is C24H29NO4. The van der Waals surface area contributed by atoms with Crippen LogP contribution in [-0.2, 0) is 11.2 Å². The summed E-state index contributed by atoms with van der Waals surface area (Å²) in [5, 5.41) is 1.97. The first kappa shape index (κ1) is 19.7. The van der Waals surface area contributed by atoms with Crippen molar-refractivity contribution in [2.45, 2.75) is 60.3 Å². The third kappa shape index (κ3) is 3.37. The summed E-state index contributed by atoms with van der Waals surface area (Å²) in [7, 11) is 0. The summed E-state index contributed by atoms with van der Waals surface area (Å²) in [5.41, 5.74) is 4.46. The summed E-state index contributed by atoms with van der Waals surface area (Å²) >= 11 is 0. The molecule has 3 heterocycles. The molecule has 0 saturated carbocycles. The van der Waals surface area contributed by atoms with Gasteiger partial charge in [-0.1, -0.05) is 6.92 Å². The molecule has 29 heavy (non-hydrogen) atoms. The van der Waals surface area contributed by atoms with Gasteiger partial charge in [-0.2, -0.15) is 0 Å². The van der Waals surface area contributed by atoms with E-state index in [1.807, 2.05) is 32.6 Å². The fraction of sp³-hybridized carbons (Fsp3) is 0.500. The first-order valence-electron chi connectivity index (χ1n) is 10.5. The van der Waals surface area contributed by atoms with Gasteiger partial charge in [0.1, 0.15) is 16.9 Å². The second-order valence-electron chi connectivity index (χ2n) is 8.59. The summed E-state index contributed by atoms with van der Waals surface area (Å²) in [6, 6.07) is 2.05. The summed E-state index contributed by atoms with van der Waals surface area (Å²) in [4.78, 5) is 27.3. The van der Waals surface area contributed by atoms with Crippen molar-refractivity contribution in [3.05, 3.63) is 44.5 Å². The van der Waals surface area contributed by atoms with Crippen LogP contribution in [0.25, 0.3) is 21.9 Å². The SMILES string of the molecule is Cc1oc2c(C)c3oc(=O)c(CCC(=O)N4CCC(C)CC4)c(C)c3cc2c1C. The molecule has 1 amide bonds. The van der Waals surface area contributed by atoms with Gasteiger partial charge in [-0.3, -0.25) is 4.79 Å². The van der Waals surface area contributed by atoms with Gasteiger partial charge in [-0.25, -0.2) is 4.79 Å². The van der Waals surface area contributed by atoms with Crippen LogP contribution in [0, 0.1) is 33.6 Å². The van der Waals surface area contributed by atoms with Crippen molar-refractivity contribution >= 4 is 27.8 Å². The largest absolute Gasteiger partial charge is 0.461 e. The lowest BCUT2D eigenvalue weighted by molar-refractivity contribution is -0.132. The summed E-state index contributed by atoms with van der Waals surface area (Å²) in [6.45, 7) is 11.7. The van der Waals surface area contributed by atoms with Gasteiger partial charge < -0.3 is 13.7 Å². The highest BCUT2D eigenvalue weighted by Crippen LogP contribution is 2.34. The number of furan rings is 1. The van der Waals surface area contributed by atoms with Crippen LogP contribution in [0.5, 0.6) is 0 Å². The van der Waals surface area contributed by atoms with Crippen LogP contribution in [0.15, 0.2) is 19.7 Å². The molecule has 5 nitrogen and oxygen atoms in total. The molecule has 0 aliphatic carbocycles. The van der Waals surface area contributed by atoms with Crippen molar-refractivity contribution in [3.63, 3.8) is 0 Å². The minimum absolute atomic E-state index is 0.128. The molecule has 0 spiro atoms. The van der Waals surface area contributed by atoms with Crippen LogP contribution in [0.3, 0.4) is 0 Å². The molecule has 1 fully saturated rings. The number of aryl methyl sites for hydroxylation is 4. The van der Waals surface area contributed by atoms with Gasteiger partial charge in [0.15, 0.2) is 0 Å². The predicted molar refractivity (Wildman–Crippen MR) is 115 cm³/mol. The van der Waals surface area contributed by atoms with Crippen LogP contribution < -0.4 is 5.63 Å². The van der Waals surface area contributed by atoms with E-state index in [-0.39, 0.29) is 11.5 Å². The highest BCUT2D eigenvalue weighted by atomic mass is 16.4. The molecule has 1 aromatic carbocycles. The van der Waals surface area contributed by atoms with Crippen LogP contribution >= 0.6 is 0 Å². The van der Waals surface area contributed by atoms with Crippen molar-refractivity contribution in [1.82, 2.24) is 4.90 Å². The summed E-state index contributed by atoms with van der Waals surface area (Å²) in [5.74, 6) is 1.69. The van der Waals surface area contributed by atoms with Gasteiger partial charge >= 0.3 is 5.63 Å². The van der Waals surface area contributed by atoms with Crippen molar-refractivity contribution in [2.75, 3.05) is 13.1 Å². The lowest BCUT2D eigenvalue weighted by Crippen LogP contribution is -2.38. The summed E-state index contributed by atoms with van der Waals surface area (Å²) < 4.78 is 11.6. The van der Waals surface area contributed by atoms with Gasteiger partial charge in [0, 0.05) is 41.4 Å². The monoisotopic (exact) mass is 395 g/mol. The molecule has 154 valence electrons. The zero-order valence-electron chi connectivity index (χ0n) is 18.0. The predicted octanol–water partition coefficient (Wildman–Crippen LogP) is 4.96. The van der Waals surface area contributed by atoms with Gasteiger partial charge in [0.05, 0.1) is 0 Å². The number of likely N-dealkylation sites (tertiary alicyclic amines) is 1. The Morgan fingerprint density at radius 3 is 2.31 bits per heavy atom. The Labute approximate surface area is 170 Å². The van der Waals surface area contributed by atoms with E-state index in [9.17, 15) is 9.59 Å². The molecule has 0 atom stereocenters. The number of piperidine rings is 1. The molecule has 3 aromatic rings. The fourth-order valence-electron chi connectivity index (χ4n) is 4.43. The maximum atomic E-state index is 12.7. The molecular weight excluding hydrogens is 366 g/mol. The molecule has 0 N–H and O–H groups in total. The van der Waals surface area contributed by atoms with Gasteiger partial charge in [0.25, 0.3) is 0 Å². The van der Waals surface area contributed by atoms with E-state index in [1.165, 1.54) is 0 Å². The standard InChI is InChI=1S/C24H29NO4/c1-13-8-10-25(11-9-13)21(26)7-6-18-15(3)20-12-19-14(2)17(5)28-22(19)16(4)23(20)29-24(18)27/h12-13H,6-11H2,1-5H3. The van der Waals surface area contributed by atoms with Crippen LogP contribution in [0.1, 0.15) is 54.2 Å². The van der Waals surface area contributed by atoms with Crippen molar-refractivity contribution in [2.24, 2.45) is 5.92 Å². The van der Waals surface area contributed by atoms with E-state index in [4.69, 9.17) is 8.83 Å². The third-order valence-electron chi connectivity index (χ3n) is 6.67. The molecule has 1 saturated heterocycles. The van der Waals surface area contributed by atoms with E-state index in [0.29, 0.717) is 29.9 Å². The van der Waals surface area contributed by atoms with E-state index in [1.54, 1.807) is 0 Å². The number of hydrogen-bond acceptors (Lipinski definition) is 4. The minimum atomic E-state index is -0.350. The first-order valence-corrected chi connectivity index (χ1v) is 10.5. The fourth-order valence-corrected chi connectivity index (χ4v) is 4.43. The Morgan fingerprint density at radius 2 is 1.62 bits per heavy atom. The number of carbonyl (C=O) groups is 1. The number of rotatable bonds is 3. The number of carbonyl (C=O) groups excluding carboxylic acids is 1. The highest BCUT2D eigenvalue weighted by molar-refractivity contribution is 6.00. The molecule has 0 radical (unpaired) electrons. The van der Waals surface area contributed by atoms with Crippen LogP contribution in [0.4, 0.5) is 0 Å². The zero-order chi connectivity index (χ0) is 20.9. The zero-order valence-corrected chi connectivity index (χ0v) is 18.0. The molecule has 0 unspecified atom stereocenters. The topological polar surface area (TPSA) is 63.7 Å². The third-order valence-corrected chi connectivity index (χ3v) is 6.67. The van der Waals surface area contributed by atoms with E-state index in [2.05, 4.69) is 13.0 Å². The Morgan fingerprint density at radius 1 is 1.00 bits per heavy atom. The smallest absolute Gasteiger partial charge is 0.339 e. The van der Waals surface area contributed by atoms with Gasteiger partial charge in [0.2, 0.25) is 5.91 Å². The number of benzene rings is 1. The molecule has 4 rings (SSSR count). The molecule has 0 bridgehead atoms. The first-order chi connectivity index (χ1) is 13.8. The second-order valence-corrected chi connectivity index (χ2v) is 8.59. The normalized spacial score (nSPS) is 15.6. The van der Waals surface area contributed by atoms with E-state index < -0.39 is 0 Å². The Kier molecular flexibility index (Phi) is 5.01. The molecule has 1 aliphatic rings. The van der Waals surface area contributed by atoms with E-state index >= 15 is 0 Å². The highest BCUT2D eigenvalue weighted by Gasteiger charge is 2.22. The second kappa shape index (κ2) is 7.36. The quantitative estimate of drug-likeness (QED) is 0.588. The van der Waals surface area contributed by atoms with Crippen LogP contribution in [0.2, 0.25) is 0 Å². The molecule has 1 aliphatic heterocycles. The lowest BCUT2D eigenvalue weighted by Gasteiger charge is -2.30. The average molecular weight is 395 g/mol. The lowest BCUT2D eigenvalue weighted by atomic mass is 9.97. The van der Waals surface area contributed by atoms with Gasteiger partial charge in [-0.05, 0) is 70.1 Å². The maximum absolute atomic E-state index is 12.7. The Bertz CT molecular complexity index is 1160. The van der Waals surface area contributed by atoms with E-state index in [0.717, 1.165) is 64.7 Å². The number of amides is 1. The molecule has 2 aromatic heterocycles. The van der Waals surface area contributed by atoms with Crippen molar-refractivity contribution in [1.29, 1.82) is 0 Å². The number of nitrogens with zero attached hydrogens (tertiary/aromatic N) is 1. The van der Waals surface area contributed by atoms with Crippen LogP contribution in [-0.4, -0.2) is 23.9 Å². The van der Waals surface area contributed by atoms with Crippen molar-refractivity contribution < 1.29 is 13.6 Å². The number of hydrogen-bond donors (Lipinski definition) is 0. The Balaban J connectivity index is 1.68. The maximum Gasteiger partial charge on any atom is 0.339 e.